The van der Waals surface area contributed by atoms with E-state index in [0.29, 0.717) is 37.8 Å². The zero-order valence-corrected chi connectivity index (χ0v) is 16.8. The number of amides is 2. The first-order chi connectivity index (χ1) is 13.5. The Bertz CT molecular complexity index is 685. The summed E-state index contributed by atoms with van der Waals surface area (Å²) in [6.07, 6.45) is 4.35. The van der Waals surface area contributed by atoms with Crippen molar-refractivity contribution in [1.29, 1.82) is 0 Å². The van der Waals surface area contributed by atoms with Crippen LogP contribution < -0.4 is 9.64 Å². The van der Waals surface area contributed by atoms with Crippen LogP contribution in [0.5, 0.6) is 5.88 Å². The number of hydrogen-bond acceptors (Lipinski definition) is 7. The van der Waals surface area contributed by atoms with Crippen LogP contribution in [0.25, 0.3) is 0 Å². The zero-order valence-electron chi connectivity index (χ0n) is 16.8. The first-order valence-corrected chi connectivity index (χ1v) is 9.79. The molecule has 154 valence electrons. The lowest BCUT2D eigenvalue weighted by atomic mass is 10.0. The van der Waals surface area contributed by atoms with E-state index in [4.69, 9.17) is 9.47 Å². The average Bonchev–Trinajstić information content (AvgIpc) is 2.73. The predicted octanol–water partition coefficient (Wildman–Crippen LogP) is 1.53. The molecule has 0 atom stereocenters. The van der Waals surface area contributed by atoms with Gasteiger partial charge in [-0.25, -0.2) is 9.78 Å². The Morgan fingerprint density at radius 2 is 1.82 bits per heavy atom. The summed E-state index contributed by atoms with van der Waals surface area (Å²) in [7, 11) is 3.39. The summed E-state index contributed by atoms with van der Waals surface area (Å²) >= 11 is 0. The van der Waals surface area contributed by atoms with Crippen molar-refractivity contribution in [3.05, 3.63) is 12.3 Å². The fourth-order valence-electron chi connectivity index (χ4n) is 3.71. The van der Waals surface area contributed by atoms with Crippen LogP contribution in [0.3, 0.4) is 0 Å². The highest BCUT2D eigenvalue weighted by molar-refractivity contribution is 5.73. The minimum absolute atomic E-state index is 0.0775. The van der Waals surface area contributed by atoms with Crippen LogP contribution >= 0.6 is 0 Å². The predicted molar refractivity (Wildman–Crippen MR) is 103 cm³/mol. The summed E-state index contributed by atoms with van der Waals surface area (Å²) in [5.41, 5.74) is 0. The van der Waals surface area contributed by atoms with Crippen LogP contribution in [0.4, 0.5) is 10.7 Å². The van der Waals surface area contributed by atoms with Crippen LogP contribution in [-0.2, 0) is 9.53 Å². The van der Waals surface area contributed by atoms with Crippen molar-refractivity contribution in [3.8, 4) is 5.88 Å². The molecule has 28 heavy (non-hydrogen) atoms. The third-order valence-corrected chi connectivity index (χ3v) is 5.56. The van der Waals surface area contributed by atoms with Crippen molar-refractivity contribution in [3.63, 3.8) is 0 Å². The Morgan fingerprint density at radius 3 is 2.43 bits per heavy atom. The molecular formula is C19H29N5O4. The van der Waals surface area contributed by atoms with E-state index < -0.39 is 0 Å². The van der Waals surface area contributed by atoms with Crippen molar-refractivity contribution < 1.29 is 19.1 Å². The van der Waals surface area contributed by atoms with Gasteiger partial charge in [0.2, 0.25) is 17.7 Å². The Morgan fingerprint density at radius 1 is 1.14 bits per heavy atom. The maximum Gasteiger partial charge on any atom is 0.410 e. The van der Waals surface area contributed by atoms with Gasteiger partial charge >= 0.3 is 6.09 Å². The number of aromatic nitrogens is 2. The minimum Gasteiger partial charge on any atom is -0.481 e. The molecule has 0 radical (unpaired) electrons. The van der Waals surface area contributed by atoms with Gasteiger partial charge in [-0.15, -0.1) is 0 Å². The summed E-state index contributed by atoms with van der Waals surface area (Å²) < 4.78 is 10.8. The van der Waals surface area contributed by atoms with Gasteiger partial charge in [-0.05, 0) is 12.8 Å². The number of rotatable bonds is 4. The molecular weight excluding hydrogens is 362 g/mol. The van der Waals surface area contributed by atoms with Gasteiger partial charge in [-0.3, -0.25) is 4.79 Å². The second-order valence-corrected chi connectivity index (χ2v) is 7.32. The van der Waals surface area contributed by atoms with Gasteiger partial charge < -0.3 is 24.2 Å². The van der Waals surface area contributed by atoms with E-state index in [9.17, 15) is 9.59 Å². The maximum absolute atomic E-state index is 12.5. The topological polar surface area (TPSA) is 88.1 Å². The molecule has 0 unspecified atom stereocenters. The first kappa shape index (κ1) is 20.2. The number of ether oxygens (including phenoxy) is 2. The normalized spacial score (nSPS) is 18.7. The van der Waals surface area contributed by atoms with Crippen LogP contribution in [0.1, 0.15) is 32.6 Å². The lowest BCUT2D eigenvalue weighted by Crippen LogP contribution is -2.47. The molecule has 2 saturated heterocycles. The number of carbonyl (C=O) groups excluding carboxylic acids is 2. The van der Waals surface area contributed by atoms with Crippen LogP contribution in [0, 0.1) is 0 Å². The smallest absolute Gasteiger partial charge is 0.410 e. The molecule has 0 N–H and O–H groups in total. The van der Waals surface area contributed by atoms with Crippen LogP contribution in [0.15, 0.2) is 12.3 Å². The molecule has 2 fully saturated rings. The molecule has 0 saturated carbocycles. The largest absolute Gasteiger partial charge is 0.481 e. The second-order valence-electron chi connectivity index (χ2n) is 7.32. The number of anilines is 1. The third kappa shape index (κ3) is 4.82. The van der Waals surface area contributed by atoms with Crippen molar-refractivity contribution in [2.45, 2.75) is 44.8 Å². The van der Waals surface area contributed by atoms with E-state index >= 15 is 0 Å². The highest BCUT2D eigenvalue weighted by atomic mass is 16.6. The molecule has 0 bridgehead atoms. The van der Waals surface area contributed by atoms with Crippen molar-refractivity contribution in [2.24, 2.45) is 0 Å². The summed E-state index contributed by atoms with van der Waals surface area (Å²) in [5.74, 6) is 1.28. The molecule has 2 aliphatic heterocycles. The number of hydrogen-bond donors (Lipinski definition) is 0. The van der Waals surface area contributed by atoms with Gasteiger partial charge in [0.15, 0.2) is 0 Å². The standard InChI is InChI=1S/C19H29N5O4/c1-14(25)23-12-7-16(8-13-23)28-19(26)22(2)15-5-10-24(11-6-15)18-20-9-4-17(21-18)27-3/h4,9,15-16H,5-8,10-13H2,1-3H3. The molecule has 2 amide bonds. The zero-order chi connectivity index (χ0) is 20.1. The molecule has 9 nitrogen and oxygen atoms in total. The maximum atomic E-state index is 12.5. The molecule has 1 aromatic heterocycles. The summed E-state index contributed by atoms with van der Waals surface area (Å²) in [4.78, 5) is 38.2. The molecule has 0 spiro atoms. The van der Waals surface area contributed by atoms with E-state index in [1.54, 1.807) is 43.1 Å². The van der Waals surface area contributed by atoms with E-state index in [0.717, 1.165) is 25.9 Å². The third-order valence-electron chi connectivity index (χ3n) is 5.56. The Balaban J connectivity index is 1.46. The lowest BCUT2D eigenvalue weighted by Gasteiger charge is -2.37. The molecule has 2 aliphatic rings. The van der Waals surface area contributed by atoms with Gasteiger partial charge in [-0.1, -0.05) is 0 Å². The molecule has 1 aromatic rings. The van der Waals surface area contributed by atoms with Gasteiger partial charge in [0.1, 0.15) is 6.10 Å². The number of likely N-dealkylation sites (tertiary alicyclic amines) is 1. The number of nitrogens with zero attached hydrogens (tertiary/aromatic N) is 5. The van der Waals surface area contributed by atoms with Crippen molar-refractivity contribution in [1.82, 2.24) is 19.8 Å². The Kier molecular flexibility index (Phi) is 6.53. The molecule has 9 heteroatoms. The lowest BCUT2D eigenvalue weighted by molar-refractivity contribution is -0.130. The van der Waals surface area contributed by atoms with Crippen molar-refractivity contribution in [2.75, 3.05) is 45.2 Å². The monoisotopic (exact) mass is 391 g/mol. The Hall–Kier alpha value is -2.58. The van der Waals surface area contributed by atoms with Gasteiger partial charge in [0, 0.05) is 71.3 Å². The minimum atomic E-state index is -0.280. The van der Waals surface area contributed by atoms with Gasteiger partial charge in [0.25, 0.3) is 0 Å². The first-order valence-electron chi connectivity index (χ1n) is 9.79. The van der Waals surface area contributed by atoms with Gasteiger partial charge in [-0.2, -0.15) is 4.98 Å². The number of piperidine rings is 2. The Labute approximate surface area is 165 Å². The number of methoxy groups -OCH3 is 1. The molecule has 3 rings (SSSR count). The molecule has 0 aromatic carbocycles. The fourth-order valence-corrected chi connectivity index (χ4v) is 3.71. The average molecular weight is 391 g/mol. The summed E-state index contributed by atoms with van der Waals surface area (Å²) in [5, 5.41) is 0. The van der Waals surface area contributed by atoms with E-state index in [1.807, 2.05) is 0 Å². The van der Waals surface area contributed by atoms with E-state index in [-0.39, 0.29) is 24.1 Å². The number of carbonyl (C=O) groups is 2. The summed E-state index contributed by atoms with van der Waals surface area (Å²) in [6.45, 7) is 4.41. The van der Waals surface area contributed by atoms with Crippen LogP contribution in [0.2, 0.25) is 0 Å². The fraction of sp³-hybridized carbons (Fsp3) is 0.684. The van der Waals surface area contributed by atoms with Crippen LogP contribution in [-0.4, -0.2) is 84.3 Å². The molecule has 0 aliphatic carbocycles. The summed E-state index contributed by atoms with van der Waals surface area (Å²) in [6, 6.07) is 1.85. The van der Waals surface area contributed by atoms with Gasteiger partial charge in [0.05, 0.1) is 7.11 Å². The van der Waals surface area contributed by atoms with Crippen molar-refractivity contribution >= 4 is 17.9 Å². The van der Waals surface area contributed by atoms with E-state index in [1.165, 1.54) is 0 Å². The highest BCUT2D eigenvalue weighted by Crippen LogP contribution is 2.22. The highest BCUT2D eigenvalue weighted by Gasteiger charge is 2.30. The second kappa shape index (κ2) is 9.07. The quantitative estimate of drug-likeness (QED) is 0.769. The van der Waals surface area contributed by atoms with E-state index in [2.05, 4.69) is 14.9 Å². The SMILES string of the molecule is COc1ccnc(N2CCC(N(C)C(=O)OC3CCN(C(C)=O)CC3)CC2)n1. The molecule has 3 heterocycles.